The summed E-state index contributed by atoms with van der Waals surface area (Å²) >= 11 is 1.79. The number of thiophene rings is 1. The van der Waals surface area contributed by atoms with Crippen molar-refractivity contribution >= 4 is 55.8 Å². The predicted octanol–water partition coefficient (Wildman–Crippen LogP) is 13.4. The molecule has 6 heteroatoms. The van der Waals surface area contributed by atoms with Crippen molar-refractivity contribution in [2.45, 2.75) is 84.4 Å². The van der Waals surface area contributed by atoms with Crippen molar-refractivity contribution in [3.05, 3.63) is 145 Å². The first-order valence-corrected chi connectivity index (χ1v) is 24.2. The predicted molar refractivity (Wildman–Crippen MR) is 239 cm³/mol. The molecule has 0 amide bonds. The van der Waals surface area contributed by atoms with Crippen LogP contribution < -0.4 is 5.19 Å². The van der Waals surface area contributed by atoms with Crippen LogP contribution in [0, 0.1) is 18.1 Å². The normalized spacial score (nSPS) is 13.8. The Bertz CT molecular complexity index is 2570. The van der Waals surface area contributed by atoms with Gasteiger partial charge in [0.1, 0.15) is 0 Å². The number of pyridine rings is 1. The Morgan fingerprint density at radius 2 is 1.52 bits per heavy atom. The van der Waals surface area contributed by atoms with Crippen LogP contribution in [0.4, 0.5) is 0 Å². The number of nitrogens with zero attached hydrogens (tertiary/aromatic N) is 3. The SMILES string of the molecule is CC(C)(C)c1ccc(-n2c(-c3[c-]c4sc5ccccc5c4cc3)nc3ccccc32)cc1.C[Si](C)(C)c1cnc(-c2[c-]cccc2)cc1CC1CCCCC1.[Ir]. The molecule has 0 N–H and O–H groups in total. The molecule has 3 heterocycles. The molecule has 0 saturated heterocycles. The molecule has 1 radical (unpaired) electrons. The summed E-state index contributed by atoms with van der Waals surface area (Å²) in [5, 5.41) is 4.09. The molecular formula is C50H51IrN3SSi-2. The zero-order valence-electron chi connectivity index (χ0n) is 33.5. The quantitative estimate of drug-likeness (QED) is 0.123. The monoisotopic (exact) mass is 946 g/mol. The molecule has 0 atom stereocenters. The van der Waals surface area contributed by atoms with Crippen LogP contribution in [-0.2, 0) is 31.9 Å². The largest absolute Gasteiger partial charge is 0.333 e. The fraction of sp³-hybridized carbons (Fsp3) is 0.280. The zero-order chi connectivity index (χ0) is 38.2. The summed E-state index contributed by atoms with van der Waals surface area (Å²) in [6.07, 6.45) is 10.5. The van der Waals surface area contributed by atoms with Crippen molar-refractivity contribution in [1.82, 2.24) is 14.5 Å². The van der Waals surface area contributed by atoms with E-state index in [1.54, 1.807) is 22.1 Å². The molecule has 8 aromatic rings. The number of benzene rings is 5. The van der Waals surface area contributed by atoms with Gasteiger partial charge in [-0.2, -0.15) is 11.3 Å². The van der Waals surface area contributed by atoms with Crippen LogP contribution in [0.25, 0.3) is 59.5 Å². The summed E-state index contributed by atoms with van der Waals surface area (Å²) in [6, 6.07) is 47.7. The van der Waals surface area contributed by atoms with Gasteiger partial charge in [0.2, 0.25) is 0 Å². The maximum Gasteiger partial charge on any atom is 0.0798 e. The van der Waals surface area contributed by atoms with Crippen LogP contribution in [0.2, 0.25) is 19.6 Å². The van der Waals surface area contributed by atoms with Gasteiger partial charge in [0, 0.05) is 36.7 Å². The molecule has 0 aliphatic heterocycles. The maximum absolute atomic E-state index is 5.03. The summed E-state index contributed by atoms with van der Waals surface area (Å²) < 4.78 is 4.72. The maximum atomic E-state index is 5.03. The van der Waals surface area contributed by atoms with Crippen LogP contribution in [0.1, 0.15) is 64.0 Å². The third kappa shape index (κ3) is 8.55. The molecule has 3 nitrogen and oxygen atoms in total. The fourth-order valence-electron chi connectivity index (χ4n) is 8.11. The van der Waals surface area contributed by atoms with Crippen molar-refractivity contribution in [3.8, 4) is 28.3 Å². The number of imidazole rings is 1. The summed E-state index contributed by atoms with van der Waals surface area (Å²) in [6.45, 7) is 14.0. The Labute approximate surface area is 351 Å². The topological polar surface area (TPSA) is 30.7 Å². The van der Waals surface area contributed by atoms with Gasteiger partial charge in [0.05, 0.1) is 24.9 Å². The molecule has 0 bridgehead atoms. The second-order valence-corrected chi connectivity index (χ2v) is 23.3. The number of hydrogen-bond donors (Lipinski definition) is 0. The summed E-state index contributed by atoms with van der Waals surface area (Å²) in [5.74, 6) is 1.79. The third-order valence-corrected chi connectivity index (χ3v) is 14.3. The van der Waals surface area contributed by atoms with Crippen molar-refractivity contribution in [2.75, 3.05) is 0 Å². The van der Waals surface area contributed by atoms with Gasteiger partial charge in [-0.15, -0.1) is 59.7 Å². The van der Waals surface area contributed by atoms with Gasteiger partial charge >= 0.3 is 0 Å². The average molecular weight is 946 g/mol. The van der Waals surface area contributed by atoms with Crippen molar-refractivity contribution < 1.29 is 20.1 Å². The first-order chi connectivity index (χ1) is 26.5. The van der Waals surface area contributed by atoms with Crippen LogP contribution in [0.5, 0.6) is 0 Å². The standard InChI is InChI=1S/C29H23N2S.C21H28NSi.Ir/c1-29(2,3)20-13-15-21(16-14-20)31-25-10-6-5-9-24(25)30-28(31)19-12-17-23-22-8-4-7-11-26(22)32-27(23)18-19;1-23(2,3)21-16-22-20(18-12-8-5-9-13-18)15-19(21)14-17-10-6-4-7-11-17;/h4-17H,1-3H3;5,8-9,12,15-17H,4,6-7,10-11,14H2,1-3H3;/q2*-1;. The third-order valence-electron chi connectivity index (χ3n) is 11.1. The van der Waals surface area contributed by atoms with Gasteiger partial charge in [-0.3, -0.25) is 4.98 Å². The molecule has 0 spiro atoms. The van der Waals surface area contributed by atoms with E-state index in [0.717, 1.165) is 45.3 Å². The van der Waals surface area contributed by atoms with Crippen molar-refractivity contribution in [1.29, 1.82) is 0 Å². The van der Waals surface area contributed by atoms with Gasteiger partial charge in [-0.1, -0.05) is 132 Å². The molecule has 5 aromatic carbocycles. The van der Waals surface area contributed by atoms with Gasteiger partial charge in [-0.25, -0.2) is 0 Å². The number of fused-ring (bicyclic) bond motifs is 4. The van der Waals surface area contributed by atoms with Crippen molar-refractivity contribution in [2.24, 2.45) is 5.92 Å². The van der Waals surface area contributed by atoms with E-state index in [2.05, 4.69) is 160 Å². The van der Waals surface area contributed by atoms with E-state index in [9.17, 15) is 0 Å². The molecule has 287 valence electrons. The van der Waals surface area contributed by atoms with E-state index in [1.165, 1.54) is 64.3 Å². The van der Waals surface area contributed by atoms with Crippen molar-refractivity contribution in [3.63, 3.8) is 0 Å². The minimum atomic E-state index is -1.36. The van der Waals surface area contributed by atoms with E-state index < -0.39 is 8.07 Å². The fourth-order valence-corrected chi connectivity index (χ4v) is 10.8. The molecule has 1 aliphatic rings. The summed E-state index contributed by atoms with van der Waals surface area (Å²) in [7, 11) is -1.36. The number of aromatic nitrogens is 3. The Morgan fingerprint density at radius 1 is 0.786 bits per heavy atom. The molecule has 1 saturated carbocycles. The first-order valence-electron chi connectivity index (χ1n) is 19.9. The van der Waals surface area contributed by atoms with Crippen LogP contribution in [0.15, 0.2) is 121 Å². The minimum Gasteiger partial charge on any atom is -0.333 e. The molecule has 1 aliphatic carbocycles. The van der Waals surface area contributed by atoms with Gasteiger partial charge in [-0.05, 0) is 74.6 Å². The van der Waals surface area contributed by atoms with Crippen LogP contribution in [-0.4, -0.2) is 22.6 Å². The number of hydrogen-bond acceptors (Lipinski definition) is 3. The van der Waals surface area contributed by atoms with Gasteiger partial charge < -0.3 is 9.55 Å². The number of rotatable bonds is 6. The number of para-hydroxylation sites is 2. The minimum absolute atomic E-state index is 0. The molecule has 9 rings (SSSR count). The molecule has 56 heavy (non-hydrogen) atoms. The zero-order valence-corrected chi connectivity index (χ0v) is 37.7. The Kier molecular flexibility index (Phi) is 12.0. The van der Waals surface area contributed by atoms with E-state index >= 15 is 0 Å². The smallest absolute Gasteiger partial charge is 0.0798 e. The Morgan fingerprint density at radius 3 is 2.25 bits per heavy atom. The van der Waals surface area contributed by atoms with E-state index in [4.69, 9.17) is 9.97 Å². The molecular weight excluding hydrogens is 895 g/mol. The Balaban J connectivity index is 0.000000178. The van der Waals surface area contributed by atoms with E-state index in [1.807, 2.05) is 18.2 Å². The average Bonchev–Trinajstić information content (AvgIpc) is 3.77. The second kappa shape index (κ2) is 16.7. The first kappa shape index (κ1) is 40.0. The molecule has 3 aromatic heterocycles. The summed E-state index contributed by atoms with van der Waals surface area (Å²) in [4.78, 5) is 9.80. The van der Waals surface area contributed by atoms with Gasteiger partial charge in [0.25, 0.3) is 0 Å². The summed E-state index contributed by atoms with van der Waals surface area (Å²) in [5.41, 5.74) is 9.43. The Hall–Kier alpha value is -4.19. The van der Waals surface area contributed by atoms with Crippen LogP contribution >= 0.6 is 11.3 Å². The van der Waals surface area contributed by atoms with E-state index in [0.29, 0.717) is 0 Å². The van der Waals surface area contributed by atoms with Crippen LogP contribution in [0.3, 0.4) is 0 Å². The molecule has 1 fully saturated rings. The van der Waals surface area contributed by atoms with E-state index in [-0.39, 0.29) is 25.5 Å². The second-order valence-electron chi connectivity index (χ2n) is 17.2. The molecule has 0 unspecified atom stereocenters. The van der Waals surface area contributed by atoms with Gasteiger partial charge in [0.15, 0.2) is 0 Å².